The smallest absolute Gasteiger partial charge is 0.188 e. The molecule has 3 aromatic rings. The first-order chi connectivity index (χ1) is 13.8. The minimum Gasteiger partial charge on any atom is -1.00 e. The van der Waals surface area contributed by atoms with Gasteiger partial charge in [0, 0.05) is 0 Å². The van der Waals surface area contributed by atoms with Gasteiger partial charge >= 0.3 is 41.3 Å². The summed E-state index contributed by atoms with van der Waals surface area (Å²) in [5, 5.41) is 5.39. The van der Waals surface area contributed by atoms with E-state index in [4.69, 9.17) is 9.16 Å². The van der Waals surface area contributed by atoms with Crippen molar-refractivity contribution in [2.45, 2.75) is 39.9 Å². The molecule has 0 heterocycles. The van der Waals surface area contributed by atoms with E-state index >= 15 is 0 Å². The summed E-state index contributed by atoms with van der Waals surface area (Å²) in [6.45, 7) is 11.0. The van der Waals surface area contributed by atoms with Gasteiger partial charge in [-0.05, 0) is 25.4 Å². The summed E-state index contributed by atoms with van der Waals surface area (Å²) in [6, 6.07) is 19.3. The molecule has 0 unspecified atom stereocenters. The van der Waals surface area contributed by atoms with Crippen LogP contribution in [0.25, 0.3) is 21.5 Å². The molecular formula is C25H30Cl2O2SiZr-2. The molecule has 0 aliphatic heterocycles. The van der Waals surface area contributed by atoms with Crippen molar-refractivity contribution in [1.29, 1.82) is 0 Å². The van der Waals surface area contributed by atoms with E-state index in [1.807, 2.05) is 12.2 Å². The topological polar surface area (TPSA) is 18.5 Å². The van der Waals surface area contributed by atoms with Crippen LogP contribution < -0.4 is 24.8 Å². The first-order valence-corrected chi connectivity index (χ1v) is 14.5. The van der Waals surface area contributed by atoms with Crippen molar-refractivity contribution in [3.63, 3.8) is 0 Å². The monoisotopic (exact) mass is 550 g/mol. The number of rotatable bonds is 4. The summed E-state index contributed by atoms with van der Waals surface area (Å²) < 4.78 is 12.4. The number of fused-ring (bicyclic) bond motifs is 3. The third-order valence-electron chi connectivity index (χ3n) is 3.91. The quantitative estimate of drug-likeness (QED) is 0.273. The SMILES string of the molecule is C[C](C)=[Zr+2].C[Si](C)(C)OCOC1=CC[C-]=C1.[Cl-].[Cl-].c1ccc2c(c1)[cH-]c1ccccc12. The maximum atomic E-state index is 5.52. The van der Waals surface area contributed by atoms with Gasteiger partial charge in [0.25, 0.3) is 0 Å². The number of allylic oxidation sites excluding steroid dienone is 3. The molecule has 0 saturated carbocycles. The molecule has 0 fully saturated rings. The van der Waals surface area contributed by atoms with Crippen LogP contribution in [0.3, 0.4) is 0 Å². The minimum atomic E-state index is -1.42. The number of benzene rings is 2. The fraction of sp³-hybridized carbons (Fsp3) is 0.280. The average Bonchev–Trinajstić information content (AvgIpc) is 3.28. The van der Waals surface area contributed by atoms with Crippen molar-refractivity contribution >= 4 is 33.1 Å². The Kier molecular flexibility index (Phi) is 14.6. The summed E-state index contributed by atoms with van der Waals surface area (Å²) in [5.74, 6) is 0.883. The van der Waals surface area contributed by atoms with Gasteiger partial charge in [0.05, 0.1) is 0 Å². The number of hydrogen-bond acceptors (Lipinski definition) is 2. The summed E-state index contributed by atoms with van der Waals surface area (Å²) >= 11 is 1.55. The van der Waals surface area contributed by atoms with Crippen LogP contribution in [-0.2, 0) is 33.4 Å². The molecule has 31 heavy (non-hydrogen) atoms. The van der Waals surface area contributed by atoms with Crippen LogP contribution in [0.15, 0.2) is 72.5 Å². The molecule has 3 aromatic carbocycles. The second kappa shape index (κ2) is 15.0. The van der Waals surface area contributed by atoms with Gasteiger partial charge in [0.15, 0.2) is 15.1 Å². The van der Waals surface area contributed by atoms with Crippen molar-refractivity contribution < 1.29 is 58.2 Å². The van der Waals surface area contributed by atoms with Crippen molar-refractivity contribution in [3.05, 3.63) is 78.6 Å². The van der Waals surface area contributed by atoms with Gasteiger partial charge in [-0.1, -0.05) is 36.4 Å². The zero-order valence-electron chi connectivity index (χ0n) is 18.8. The number of hydrogen-bond donors (Lipinski definition) is 0. The molecule has 0 spiro atoms. The largest absolute Gasteiger partial charge is 1.00 e. The van der Waals surface area contributed by atoms with E-state index in [2.05, 4.69) is 94.2 Å². The Hall–Kier alpha value is -0.900. The van der Waals surface area contributed by atoms with E-state index in [0.717, 1.165) is 12.2 Å². The summed E-state index contributed by atoms with van der Waals surface area (Å²) in [4.78, 5) is 0. The molecule has 6 heteroatoms. The van der Waals surface area contributed by atoms with Gasteiger partial charge in [-0.25, -0.2) is 0 Å². The molecule has 166 valence electrons. The fourth-order valence-corrected chi connectivity index (χ4v) is 3.07. The Bertz CT molecular complexity index is 949. The van der Waals surface area contributed by atoms with Gasteiger partial charge in [0.1, 0.15) is 0 Å². The Labute approximate surface area is 215 Å². The van der Waals surface area contributed by atoms with Crippen molar-refractivity contribution in [2.75, 3.05) is 6.79 Å². The van der Waals surface area contributed by atoms with E-state index in [9.17, 15) is 0 Å². The van der Waals surface area contributed by atoms with E-state index in [1.165, 1.54) is 24.8 Å². The first kappa shape index (κ1) is 30.1. The van der Waals surface area contributed by atoms with Gasteiger partial charge in [-0.3, -0.25) is 6.08 Å². The zero-order chi connectivity index (χ0) is 21.3. The summed E-state index contributed by atoms with van der Waals surface area (Å²) in [6.07, 6.45) is 7.74. The first-order valence-electron chi connectivity index (χ1n) is 9.85. The van der Waals surface area contributed by atoms with Crippen LogP contribution in [0, 0.1) is 6.08 Å². The van der Waals surface area contributed by atoms with E-state index < -0.39 is 8.32 Å². The predicted molar refractivity (Wildman–Crippen MR) is 124 cm³/mol. The van der Waals surface area contributed by atoms with Crippen LogP contribution in [-0.4, -0.2) is 18.3 Å². The third-order valence-corrected chi connectivity index (χ3v) is 4.89. The van der Waals surface area contributed by atoms with Crippen LogP contribution >= 0.6 is 0 Å². The molecule has 2 nitrogen and oxygen atoms in total. The van der Waals surface area contributed by atoms with Crippen LogP contribution in [0.1, 0.15) is 20.3 Å². The molecule has 0 N–H and O–H groups in total. The Morgan fingerprint density at radius 3 is 1.87 bits per heavy atom. The molecule has 0 aromatic heterocycles. The molecule has 1 aliphatic carbocycles. The van der Waals surface area contributed by atoms with E-state index in [-0.39, 0.29) is 24.8 Å². The maximum absolute atomic E-state index is 5.52. The molecule has 0 amide bonds. The molecule has 4 rings (SSSR count). The number of ether oxygens (including phenoxy) is 1. The van der Waals surface area contributed by atoms with Crippen molar-refractivity contribution in [3.8, 4) is 0 Å². The summed E-state index contributed by atoms with van der Waals surface area (Å²) in [5.41, 5.74) is 0. The molecule has 1 aliphatic rings. The van der Waals surface area contributed by atoms with Gasteiger partial charge < -0.3 is 34.0 Å². The summed E-state index contributed by atoms with van der Waals surface area (Å²) in [7, 11) is -1.42. The van der Waals surface area contributed by atoms with Crippen molar-refractivity contribution in [2.24, 2.45) is 0 Å². The fourth-order valence-electron chi connectivity index (χ4n) is 2.66. The second-order valence-electron chi connectivity index (χ2n) is 8.00. The van der Waals surface area contributed by atoms with Crippen LogP contribution in [0.5, 0.6) is 0 Å². The normalized spacial score (nSPS) is 11.9. The molecular weight excluding hydrogens is 522 g/mol. The van der Waals surface area contributed by atoms with Gasteiger partial charge in [0.2, 0.25) is 0 Å². The number of halogens is 2. The molecule has 0 radical (unpaired) electrons. The van der Waals surface area contributed by atoms with Gasteiger partial charge in [-0.15, -0.1) is 52.2 Å². The average molecular weight is 553 g/mol. The molecule has 0 saturated heterocycles. The predicted octanol–water partition coefficient (Wildman–Crippen LogP) is 0.924. The van der Waals surface area contributed by atoms with Gasteiger partial charge in [-0.2, -0.15) is 6.08 Å². The van der Waals surface area contributed by atoms with Crippen LogP contribution in [0.4, 0.5) is 0 Å². The Morgan fingerprint density at radius 1 is 0.968 bits per heavy atom. The maximum Gasteiger partial charge on any atom is 0.188 e. The third kappa shape index (κ3) is 11.5. The minimum absolute atomic E-state index is 0. The van der Waals surface area contributed by atoms with Crippen LogP contribution in [0.2, 0.25) is 19.6 Å². The van der Waals surface area contributed by atoms with E-state index in [1.54, 1.807) is 24.2 Å². The Morgan fingerprint density at radius 2 is 1.45 bits per heavy atom. The Balaban J connectivity index is 0.000000473. The molecule has 0 bridgehead atoms. The standard InChI is InChI=1S/C13H9.C9H15O2Si.C3H6.2ClH.Zr/c1-3-7-12-10(5-1)9-11-6-2-4-8-13(11)12;1-12(2,3)11-8-10-9-6-4-5-7-9;1-3-2;;;/h1-9H;6-7H,4,8H2,1-3H3;1-2H3;2*1H;/q2*-1;;;;+2/p-2. The zero-order valence-corrected chi connectivity index (χ0v) is 23.8. The second-order valence-corrected chi connectivity index (χ2v) is 15.0. The van der Waals surface area contributed by atoms with Crippen molar-refractivity contribution in [1.82, 2.24) is 0 Å². The van der Waals surface area contributed by atoms with E-state index in [0.29, 0.717) is 6.79 Å². The molecule has 0 atom stereocenters.